The molecule has 6 heterocycles. The van der Waals surface area contributed by atoms with Crippen LogP contribution in [0.15, 0.2) is 449 Å². The maximum Gasteiger partial charge on any atom is 2.00 e. The van der Waals surface area contributed by atoms with E-state index in [-0.39, 0.29) is 111 Å². The molecule has 2 aliphatic heterocycles. The molecule has 0 radical (unpaired) electrons. The van der Waals surface area contributed by atoms with Crippen molar-refractivity contribution in [3.63, 3.8) is 0 Å². The van der Waals surface area contributed by atoms with Crippen LogP contribution in [0.25, 0.3) is 66.3 Å². The SMILES string of the molecule is C.Cc1ccnc(C2(F)CCN(Cc3cc(C(=O)N[C@H]4CCCC[C@@H]4O)nc4c(F)cccc34)CC2)c1.O=C(N[C@H]1CCCC[C@@H]1O)c1cc(CN2CCC(F)(c3cc(Cl)ccn3)CC2)c2cccc(F)c2n1.[2HH].[CH3-].[CH3-].[Pd].[Zn+2].[c-]1ccccc1.[c-]1ccccc1.[c-]1ccccc1.[c-]1ccccc1.c1ccc(-c2ccccc2)cc1.c1ccc(-c2ccccc2)cc1.c1ccc(-c2ccccc2)cc1.c1ccc(-c2ccccc2)cc1. The molecule has 0 unspecified atom stereocenters. The van der Waals surface area contributed by atoms with E-state index in [1.165, 1.54) is 62.8 Å². The van der Waals surface area contributed by atoms with Crippen LogP contribution in [0.5, 0.6) is 0 Å². The number of likely N-dealkylation sites (tertiary alicyclic amines) is 2. The van der Waals surface area contributed by atoms with Crippen molar-refractivity contribution < 1.29 is 78.7 Å². The number of nitrogens with one attached hydrogen (secondary N) is 2. The van der Waals surface area contributed by atoms with Crippen molar-refractivity contribution in [3.05, 3.63) is 544 Å². The summed E-state index contributed by atoms with van der Waals surface area (Å²) in [6.07, 6.45) is 9.56. The van der Waals surface area contributed by atoms with Crippen LogP contribution in [0.3, 0.4) is 0 Å². The van der Waals surface area contributed by atoms with Gasteiger partial charge in [0.25, 0.3) is 11.8 Å². The molecule has 19 heteroatoms. The van der Waals surface area contributed by atoms with E-state index in [1.807, 2.05) is 189 Å². The fourth-order valence-corrected chi connectivity index (χ4v) is 17.2. The van der Waals surface area contributed by atoms with Gasteiger partial charge in [0.1, 0.15) is 34.1 Å². The minimum Gasteiger partial charge on any atom is -0.391 e. The number of alkyl halides is 2. The third-order valence-corrected chi connectivity index (χ3v) is 25.1. The summed E-state index contributed by atoms with van der Waals surface area (Å²) in [5, 5.41) is 28.0. The summed E-state index contributed by atoms with van der Waals surface area (Å²) in [6.45, 7) is 4.78. The number of nitrogens with zero attached hydrogens (tertiary/aromatic N) is 6. The Labute approximate surface area is 912 Å². The molecule has 4 atom stereocenters. The summed E-state index contributed by atoms with van der Waals surface area (Å²) in [5.41, 5.74) is 11.0. The quantitative estimate of drug-likeness (QED) is 0.0469. The Bertz CT molecular complexity index is 5860. The second-order valence-electron chi connectivity index (χ2n) is 35.3. The molecule has 2 saturated carbocycles. The van der Waals surface area contributed by atoms with Crippen LogP contribution in [0.4, 0.5) is 17.6 Å². The van der Waals surface area contributed by atoms with Crippen LogP contribution < -0.4 is 10.6 Å². The van der Waals surface area contributed by atoms with Crippen LogP contribution in [-0.4, -0.2) is 102 Å². The van der Waals surface area contributed by atoms with Gasteiger partial charge < -0.3 is 35.7 Å². The number of piperidine rings is 2. The summed E-state index contributed by atoms with van der Waals surface area (Å²) >= 11 is 6.04. The van der Waals surface area contributed by atoms with Crippen LogP contribution in [0.2, 0.25) is 5.02 Å². The summed E-state index contributed by atoms with van der Waals surface area (Å²) in [7, 11) is 0. The number of halogens is 5. The summed E-state index contributed by atoms with van der Waals surface area (Å²) in [4.78, 5) is 47.4. The van der Waals surface area contributed by atoms with Gasteiger partial charge >= 0.3 is 19.5 Å². The van der Waals surface area contributed by atoms with Crippen molar-refractivity contribution in [2.45, 2.75) is 140 Å². The Balaban J connectivity index is 0.000000243. The minimum atomic E-state index is -1.56. The number of fused-ring (bicyclic) bond motifs is 2. The Hall–Kier alpha value is -13.7. The molecule has 2 amide bonds. The number of hydrogen-bond acceptors (Lipinski definition) is 10. The number of carbonyl (C=O) groups is 2. The molecule has 149 heavy (non-hydrogen) atoms. The van der Waals surface area contributed by atoms with Crippen molar-refractivity contribution in [3.8, 4) is 44.5 Å². The Morgan fingerprint density at radius 2 is 0.624 bits per heavy atom. The number of rotatable bonds is 14. The first kappa shape index (κ1) is 120. The van der Waals surface area contributed by atoms with E-state index in [4.69, 9.17) is 11.6 Å². The number of pyridine rings is 4. The monoisotopic (exact) mass is 2150 g/mol. The molecule has 22 rings (SSSR count). The van der Waals surface area contributed by atoms with Gasteiger partial charge in [0, 0.05) is 89.3 Å². The molecular weight excluding hydrogens is 2020 g/mol. The summed E-state index contributed by atoms with van der Waals surface area (Å²) in [5.74, 6) is -1.84. The fourth-order valence-electron chi connectivity index (χ4n) is 17.1. The van der Waals surface area contributed by atoms with Crippen molar-refractivity contribution >= 4 is 45.2 Å². The first-order chi connectivity index (χ1) is 70.5. The van der Waals surface area contributed by atoms with Gasteiger partial charge in [-0.1, -0.05) is 312 Å². The van der Waals surface area contributed by atoms with Crippen molar-refractivity contribution in [1.82, 2.24) is 40.4 Å². The Kier molecular flexibility index (Phi) is 53.3. The van der Waals surface area contributed by atoms with Gasteiger partial charge in [-0.2, -0.15) is 146 Å². The predicted octanol–water partition coefficient (Wildman–Crippen LogP) is 30.6. The van der Waals surface area contributed by atoms with Gasteiger partial charge in [-0.15, -0.1) is 0 Å². The van der Waals surface area contributed by atoms with Gasteiger partial charge in [0.2, 0.25) is 0 Å². The number of para-hydroxylation sites is 2. The fraction of sp³-hybridized carbons (Fsp3) is 0.200. The summed E-state index contributed by atoms with van der Waals surface area (Å²) < 4.78 is 60.8. The van der Waals surface area contributed by atoms with Gasteiger partial charge in [-0.25, -0.2) is 27.5 Å². The van der Waals surface area contributed by atoms with E-state index in [0.717, 1.165) is 42.4 Å². The van der Waals surface area contributed by atoms with Crippen molar-refractivity contribution in [2.75, 3.05) is 26.2 Å². The number of hydrogen-bond donors (Lipinski definition) is 4. The number of amides is 2. The average Bonchev–Trinajstić information content (AvgIpc) is 0.780. The van der Waals surface area contributed by atoms with Crippen molar-refractivity contribution in [1.29, 1.82) is 0 Å². The molecule has 12 nitrogen and oxygen atoms in total. The van der Waals surface area contributed by atoms with Gasteiger partial charge in [-0.05, 0) is 168 Å². The van der Waals surface area contributed by atoms with E-state index in [1.54, 1.807) is 54.7 Å². The molecule has 4 N–H and O–H groups in total. The van der Waals surface area contributed by atoms with Crippen LogP contribution in [-0.2, 0) is 64.3 Å². The topological polar surface area (TPSA) is 157 Å². The normalized spacial score (nSPS) is 15.2. The van der Waals surface area contributed by atoms with Crippen molar-refractivity contribution in [2.24, 2.45) is 0 Å². The molecule has 2 aliphatic carbocycles. The molecule has 2 saturated heterocycles. The molecule has 4 aliphatic rings. The van der Waals surface area contributed by atoms with E-state index in [2.05, 4.69) is 259 Å². The standard InChI is InChI=1S/C28H32F2N4O2.C27H29ClF2N4O2.4C12H10.4C6H5.CH4.2CH3.Pd.Zn.H2/c1-18-9-12-31-25(15-18)28(30)10-13-34(14-11-28)17-19-16-23(32-26-20(19)5-4-6-21(26)29)27(36)33-22-7-2-3-8-24(22)35;28-18-8-11-31-24(15-18)27(30)9-12-34(13-10-27)16-17-14-22(32-25-19(17)4-3-5-20(25)29)26(36)33-21-6-1-2-7-23(21)35;4*1-3-7-11(8-4-1)12-9-5-2-6-10-12;4*1-2-4-6-5-3-1;;;;;;/h4-6,9,12,15-16,22,24,35H,2-3,7-8,10-11,13-14,17H2,1H3,(H,33,36);3-5,8,11,14-15,21,23,35H,1-2,6-7,9-10,12-13,16H2,(H,33,36);4*1-10H;4*1-5H;1H4;2*1H3;;;1H/q;;;;;;4*-1;;2*-1;;+2;/t22-,24-;21-,23-;;;;;;;;;;;;;;/m00............../s1/i;;;;;;;;;;;;;;;1+1. The zero-order chi connectivity index (χ0) is 100. The van der Waals surface area contributed by atoms with E-state index >= 15 is 8.78 Å². The summed E-state index contributed by atoms with van der Waals surface area (Å²) in [6, 6.07) is 152. The smallest absolute Gasteiger partial charge is 0.391 e. The largest absolute Gasteiger partial charge is 2.00 e. The predicted molar refractivity (Wildman–Crippen MR) is 598 cm³/mol. The van der Waals surface area contributed by atoms with E-state index < -0.39 is 47.0 Å². The van der Waals surface area contributed by atoms with Gasteiger partial charge in [0.05, 0.1) is 35.7 Å². The zero-order valence-electron chi connectivity index (χ0n) is 84.1. The van der Waals surface area contributed by atoms with Gasteiger partial charge in [0.15, 0.2) is 11.3 Å². The van der Waals surface area contributed by atoms with E-state index in [0.29, 0.717) is 105 Å². The third kappa shape index (κ3) is 39.4. The van der Waals surface area contributed by atoms with Gasteiger partial charge in [-0.3, -0.25) is 29.4 Å². The third-order valence-electron chi connectivity index (χ3n) is 24.9. The number of aromatic nitrogens is 4. The maximum absolute atomic E-state index is 15.7. The first-order valence-corrected chi connectivity index (χ1v) is 49.5. The number of aliphatic hydroxyl groups is 2. The van der Waals surface area contributed by atoms with E-state index in [9.17, 15) is 28.6 Å². The molecule has 0 spiro atoms. The van der Waals surface area contributed by atoms with Crippen LogP contribution in [0, 0.1) is 57.7 Å². The number of aryl methyl sites for hydroxylation is 1. The Morgan fingerprint density at radius 1 is 0.369 bits per heavy atom. The average molecular weight is 2160 g/mol. The second kappa shape index (κ2) is 65.9. The zero-order valence-corrected chi connectivity index (χ0v) is 89.3. The molecule has 4 aromatic heterocycles. The molecular formula is C130H133ClF4N8O4PdZn-4. The molecule has 768 valence electrons. The second-order valence-corrected chi connectivity index (χ2v) is 35.7. The minimum absolute atomic E-state index is 0. The van der Waals surface area contributed by atoms with Crippen LogP contribution in [0.1, 0.15) is 135 Å². The first-order valence-electron chi connectivity index (χ1n) is 49.1. The number of benzene rings is 14. The Morgan fingerprint density at radius 3 is 0.866 bits per heavy atom. The molecule has 0 bridgehead atoms. The van der Waals surface area contributed by atoms with Crippen LogP contribution >= 0.6 is 11.6 Å². The molecule has 14 aromatic carbocycles. The molecule has 4 fully saturated rings. The maximum atomic E-state index is 15.7. The number of carbonyl (C=O) groups excluding carboxylic acids is 2. The number of aliphatic hydroxyl groups excluding tert-OH is 2. The molecule has 18 aromatic rings.